The molecule has 0 aliphatic heterocycles. The summed E-state index contributed by atoms with van der Waals surface area (Å²) in [6, 6.07) is 11.0. The van der Waals surface area contributed by atoms with Gasteiger partial charge >= 0.3 is 0 Å². The third kappa shape index (κ3) is 4.06. The molecule has 0 saturated heterocycles. The molecule has 21 heavy (non-hydrogen) atoms. The molecule has 0 bridgehead atoms. The largest absolute Gasteiger partial charge is 0.315 e. The first-order valence-electron chi connectivity index (χ1n) is 6.78. The van der Waals surface area contributed by atoms with Crippen molar-refractivity contribution in [2.45, 2.75) is 30.5 Å². The fraction of sp³-hybridized carbons (Fsp3) is 0.333. The van der Waals surface area contributed by atoms with Gasteiger partial charge in [-0.15, -0.1) is 11.3 Å². The highest BCUT2D eigenvalue weighted by Gasteiger charge is 2.16. The van der Waals surface area contributed by atoms with Gasteiger partial charge < -0.3 is 5.32 Å². The number of hydrogen-bond donors (Lipinski definition) is 2. The molecule has 2 N–H and O–H groups in total. The summed E-state index contributed by atoms with van der Waals surface area (Å²) in [4.78, 5) is 0.994. The molecule has 0 fully saturated rings. The van der Waals surface area contributed by atoms with Crippen LogP contribution in [0, 0.1) is 0 Å². The van der Waals surface area contributed by atoms with E-state index >= 15 is 0 Å². The van der Waals surface area contributed by atoms with Gasteiger partial charge in [-0.05, 0) is 42.8 Å². The smallest absolute Gasteiger partial charge is 0.271 e. The Morgan fingerprint density at radius 3 is 2.33 bits per heavy atom. The summed E-state index contributed by atoms with van der Waals surface area (Å²) in [7, 11) is -1.67. The van der Waals surface area contributed by atoms with E-state index in [1.54, 1.807) is 18.2 Å². The normalized spacial score (nSPS) is 11.8. The number of sulfonamides is 1. The highest BCUT2D eigenvalue weighted by Crippen LogP contribution is 2.25. The van der Waals surface area contributed by atoms with E-state index in [1.807, 2.05) is 25.2 Å². The van der Waals surface area contributed by atoms with Crippen molar-refractivity contribution in [3.8, 4) is 0 Å². The first-order valence-corrected chi connectivity index (χ1v) is 9.08. The van der Waals surface area contributed by atoms with E-state index in [-0.39, 0.29) is 0 Å². The molecule has 0 unspecified atom stereocenters. The van der Waals surface area contributed by atoms with Crippen LogP contribution < -0.4 is 10.0 Å². The van der Waals surface area contributed by atoms with E-state index in [9.17, 15) is 8.42 Å². The first kappa shape index (κ1) is 16.0. The lowest BCUT2D eigenvalue weighted by atomic mass is 10.0. The number of rotatable bonds is 6. The van der Waals surface area contributed by atoms with Crippen molar-refractivity contribution in [2.75, 3.05) is 11.8 Å². The lowest BCUT2D eigenvalue weighted by Crippen LogP contribution is -2.11. The van der Waals surface area contributed by atoms with Crippen molar-refractivity contribution < 1.29 is 8.42 Å². The molecule has 0 radical (unpaired) electrons. The van der Waals surface area contributed by atoms with Gasteiger partial charge in [0.15, 0.2) is 0 Å². The van der Waals surface area contributed by atoms with Crippen molar-refractivity contribution in [1.82, 2.24) is 5.32 Å². The minimum Gasteiger partial charge on any atom is -0.315 e. The highest BCUT2D eigenvalue weighted by molar-refractivity contribution is 7.94. The molecule has 0 aliphatic rings. The zero-order valence-electron chi connectivity index (χ0n) is 12.4. The van der Waals surface area contributed by atoms with E-state index in [1.165, 1.54) is 16.9 Å². The van der Waals surface area contributed by atoms with Crippen LogP contribution in [0.3, 0.4) is 0 Å². The molecule has 1 heterocycles. The van der Waals surface area contributed by atoms with Crippen LogP contribution in [0.4, 0.5) is 5.69 Å². The van der Waals surface area contributed by atoms with Crippen LogP contribution in [0.25, 0.3) is 0 Å². The molecule has 114 valence electrons. The molecule has 0 spiro atoms. The Morgan fingerprint density at radius 2 is 1.76 bits per heavy atom. The number of hydrogen-bond acceptors (Lipinski definition) is 4. The fourth-order valence-corrected chi connectivity index (χ4v) is 4.34. The van der Waals surface area contributed by atoms with Gasteiger partial charge in [0.2, 0.25) is 0 Å². The van der Waals surface area contributed by atoms with Gasteiger partial charge in [0, 0.05) is 17.1 Å². The topological polar surface area (TPSA) is 58.2 Å². The number of nitrogens with one attached hydrogen (secondary N) is 2. The maximum Gasteiger partial charge on any atom is 0.271 e. The SMILES string of the molecule is CNCc1ccc(S(=O)(=O)Nc2ccc(C(C)C)cc2)s1. The second kappa shape index (κ2) is 6.60. The van der Waals surface area contributed by atoms with Gasteiger partial charge in [-0.1, -0.05) is 26.0 Å². The molecule has 1 aromatic heterocycles. The predicted molar refractivity (Wildman–Crippen MR) is 88.4 cm³/mol. The second-order valence-electron chi connectivity index (χ2n) is 5.13. The molecular weight excluding hydrogens is 304 g/mol. The molecular formula is C15H20N2O2S2. The lowest BCUT2D eigenvalue weighted by Gasteiger charge is -2.09. The molecule has 2 rings (SSSR count). The van der Waals surface area contributed by atoms with Crippen molar-refractivity contribution >= 4 is 27.0 Å². The van der Waals surface area contributed by atoms with E-state index in [4.69, 9.17) is 0 Å². The van der Waals surface area contributed by atoms with Gasteiger partial charge in [0.1, 0.15) is 4.21 Å². The average Bonchev–Trinajstić information content (AvgIpc) is 2.89. The molecule has 0 atom stereocenters. The Hall–Kier alpha value is -1.37. The summed E-state index contributed by atoms with van der Waals surface area (Å²) in [5.74, 6) is 0.428. The zero-order valence-corrected chi connectivity index (χ0v) is 14.0. The fourth-order valence-electron chi connectivity index (χ4n) is 1.91. The Balaban J connectivity index is 2.16. The summed E-state index contributed by atoms with van der Waals surface area (Å²) >= 11 is 1.28. The van der Waals surface area contributed by atoms with E-state index < -0.39 is 10.0 Å². The molecule has 2 aromatic rings. The third-order valence-electron chi connectivity index (χ3n) is 3.08. The Morgan fingerprint density at radius 1 is 1.10 bits per heavy atom. The lowest BCUT2D eigenvalue weighted by molar-refractivity contribution is 0.603. The van der Waals surface area contributed by atoms with Gasteiger partial charge in [-0.25, -0.2) is 8.42 Å². The molecule has 0 saturated carbocycles. The van der Waals surface area contributed by atoms with Gasteiger partial charge in [0.05, 0.1) is 0 Å². The van der Waals surface area contributed by atoms with Crippen LogP contribution in [0.15, 0.2) is 40.6 Å². The van der Waals surface area contributed by atoms with Crippen molar-refractivity contribution in [2.24, 2.45) is 0 Å². The monoisotopic (exact) mass is 324 g/mol. The van der Waals surface area contributed by atoms with Gasteiger partial charge in [0.25, 0.3) is 10.0 Å². The van der Waals surface area contributed by atoms with Crippen LogP contribution in [0.1, 0.15) is 30.2 Å². The Bertz CT molecular complexity index is 689. The summed E-state index contributed by atoms with van der Waals surface area (Å²) in [6.45, 7) is 4.88. The minimum atomic E-state index is -3.50. The maximum atomic E-state index is 12.3. The molecule has 4 nitrogen and oxygen atoms in total. The Kier molecular flexibility index (Phi) is 5.03. The molecule has 0 amide bonds. The molecule has 6 heteroatoms. The Labute approximate surface area is 130 Å². The summed E-state index contributed by atoms with van der Waals surface area (Å²) < 4.78 is 27.6. The average molecular weight is 324 g/mol. The van der Waals surface area contributed by atoms with E-state index in [2.05, 4.69) is 23.9 Å². The van der Waals surface area contributed by atoms with Crippen molar-refractivity contribution in [1.29, 1.82) is 0 Å². The third-order valence-corrected chi connectivity index (χ3v) is 6.04. The van der Waals surface area contributed by atoms with Crippen LogP contribution in [0.5, 0.6) is 0 Å². The zero-order chi connectivity index (χ0) is 15.5. The van der Waals surface area contributed by atoms with Gasteiger partial charge in [-0.3, -0.25) is 4.72 Å². The standard InChI is InChI=1S/C15H20N2O2S2/c1-11(2)12-4-6-13(7-5-12)17-21(18,19)15-9-8-14(20-15)10-16-3/h4-9,11,16-17H,10H2,1-3H3. The second-order valence-corrected chi connectivity index (χ2v) is 8.21. The molecule has 1 aromatic carbocycles. The first-order chi connectivity index (χ1) is 9.92. The van der Waals surface area contributed by atoms with Crippen molar-refractivity contribution in [3.05, 3.63) is 46.8 Å². The summed E-state index contributed by atoms with van der Waals surface area (Å²) in [6.07, 6.45) is 0. The molecule has 0 aliphatic carbocycles. The summed E-state index contributed by atoms with van der Waals surface area (Å²) in [5, 5.41) is 3.01. The number of benzene rings is 1. The van der Waals surface area contributed by atoms with E-state index in [0.29, 0.717) is 22.4 Å². The maximum absolute atomic E-state index is 12.3. The number of anilines is 1. The highest BCUT2D eigenvalue weighted by atomic mass is 32.2. The van der Waals surface area contributed by atoms with Gasteiger partial charge in [-0.2, -0.15) is 0 Å². The predicted octanol–water partition coefficient (Wildman–Crippen LogP) is 3.39. The minimum absolute atomic E-state index is 0.334. The van der Waals surface area contributed by atoms with Crippen LogP contribution in [0.2, 0.25) is 0 Å². The van der Waals surface area contributed by atoms with Crippen molar-refractivity contribution in [3.63, 3.8) is 0 Å². The summed E-state index contributed by atoms with van der Waals surface area (Å²) in [5.41, 5.74) is 1.77. The van der Waals surface area contributed by atoms with Crippen LogP contribution in [-0.2, 0) is 16.6 Å². The van der Waals surface area contributed by atoms with E-state index in [0.717, 1.165) is 4.88 Å². The number of thiophene rings is 1. The van der Waals surface area contributed by atoms with Crippen LogP contribution >= 0.6 is 11.3 Å². The quantitative estimate of drug-likeness (QED) is 0.856. The van der Waals surface area contributed by atoms with Crippen LogP contribution in [-0.4, -0.2) is 15.5 Å².